The summed E-state index contributed by atoms with van der Waals surface area (Å²) in [4.78, 5) is 3.98. The van der Waals surface area contributed by atoms with E-state index in [0.717, 1.165) is 5.56 Å². The van der Waals surface area contributed by atoms with Gasteiger partial charge in [0, 0.05) is 12.3 Å². The Bertz CT molecular complexity index is 427. The summed E-state index contributed by atoms with van der Waals surface area (Å²) in [6, 6.07) is 7.86. The Kier molecular flexibility index (Phi) is 2.63. The van der Waals surface area contributed by atoms with Gasteiger partial charge in [0.05, 0.1) is 6.20 Å². The maximum Gasteiger partial charge on any atom is 0.145 e. The van der Waals surface area contributed by atoms with E-state index >= 15 is 0 Å². The van der Waals surface area contributed by atoms with Gasteiger partial charge in [-0.25, -0.2) is 4.39 Å². The third-order valence-corrected chi connectivity index (χ3v) is 1.88. The minimum absolute atomic E-state index is 0.312. The fraction of sp³-hybridized carbons (Fsp3) is 0.0833. The Balaban J connectivity index is 2.22. The van der Waals surface area contributed by atoms with Gasteiger partial charge < -0.3 is 4.74 Å². The van der Waals surface area contributed by atoms with Crippen LogP contribution in [0.4, 0.5) is 4.39 Å². The van der Waals surface area contributed by atoms with Gasteiger partial charge in [0.25, 0.3) is 0 Å². The van der Waals surface area contributed by atoms with Gasteiger partial charge in [0.1, 0.15) is 17.3 Å². The number of hydrogen-bond acceptors (Lipinski definition) is 2. The summed E-state index contributed by atoms with van der Waals surface area (Å²) in [6.07, 6.45) is 3.33. The Morgan fingerprint density at radius 3 is 2.73 bits per heavy atom. The van der Waals surface area contributed by atoms with Crippen molar-refractivity contribution in [1.29, 1.82) is 0 Å². The zero-order chi connectivity index (χ0) is 10.7. The Morgan fingerprint density at radius 2 is 2.00 bits per heavy atom. The first kappa shape index (κ1) is 9.65. The molecular formula is C12H10FNO. The molecule has 2 rings (SSSR count). The first-order valence-corrected chi connectivity index (χ1v) is 4.59. The maximum atomic E-state index is 12.9. The van der Waals surface area contributed by atoms with Gasteiger partial charge in [-0.15, -0.1) is 0 Å². The highest BCUT2D eigenvalue weighted by atomic mass is 19.1. The number of hydrogen-bond donors (Lipinski definition) is 0. The van der Waals surface area contributed by atoms with Crippen LogP contribution < -0.4 is 4.74 Å². The molecule has 0 amide bonds. The van der Waals surface area contributed by atoms with Crippen LogP contribution >= 0.6 is 0 Å². The molecule has 2 nitrogen and oxygen atoms in total. The quantitative estimate of drug-likeness (QED) is 0.746. The van der Waals surface area contributed by atoms with Crippen molar-refractivity contribution in [3.8, 4) is 11.5 Å². The Morgan fingerprint density at radius 1 is 1.13 bits per heavy atom. The summed E-state index contributed by atoms with van der Waals surface area (Å²) in [7, 11) is 0. The van der Waals surface area contributed by atoms with Crippen molar-refractivity contribution in [1.82, 2.24) is 4.98 Å². The standard InChI is InChI=1S/C12H10FNO/c1-9-5-12(8-14-7-9)15-11-4-2-3-10(13)6-11/h2-8H,1H3. The Labute approximate surface area is 87.4 Å². The van der Waals surface area contributed by atoms with Crippen LogP contribution in [0.5, 0.6) is 11.5 Å². The van der Waals surface area contributed by atoms with E-state index < -0.39 is 0 Å². The smallest absolute Gasteiger partial charge is 0.145 e. The molecule has 0 saturated carbocycles. The van der Waals surface area contributed by atoms with Crippen LogP contribution in [0, 0.1) is 12.7 Å². The van der Waals surface area contributed by atoms with Crippen molar-refractivity contribution in [2.45, 2.75) is 6.92 Å². The van der Waals surface area contributed by atoms with Crippen LogP contribution in [-0.4, -0.2) is 4.98 Å². The molecule has 1 aromatic carbocycles. The average molecular weight is 203 g/mol. The van der Waals surface area contributed by atoms with Crippen molar-refractivity contribution < 1.29 is 9.13 Å². The largest absolute Gasteiger partial charge is 0.456 e. The first-order valence-electron chi connectivity index (χ1n) is 4.59. The molecule has 0 radical (unpaired) electrons. The molecular weight excluding hydrogens is 193 g/mol. The lowest BCUT2D eigenvalue weighted by atomic mass is 10.3. The fourth-order valence-electron chi connectivity index (χ4n) is 1.25. The first-order chi connectivity index (χ1) is 7.24. The van der Waals surface area contributed by atoms with Gasteiger partial charge in [0.15, 0.2) is 0 Å². The molecule has 1 heterocycles. The van der Waals surface area contributed by atoms with Crippen LogP contribution in [0.1, 0.15) is 5.56 Å². The van der Waals surface area contributed by atoms with Gasteiger partial charge in [-0.3, -0.25) is 4.98 Å². The number of benzene rings is 1. The summed E-state index contributed by atoms with van der Waals surface area (Å²) in [6.45, 7) is 1.92. The van der Waals surface area contributed by atoms with E-state index in [9.17, 15) is 4.39 Å². The second-order valence-electron chi connectivity index (χ2n) is 3.26. The second kappa shape index (κ2) is 4.09. The maximum absolute atomic E-state index is 12.9. The highest BCUT2D eigenvalue weighted by Gasteiger charge is 1.98. The van der Waals surface area contributed by atoms with E-state index in [2.05, 4.69) is 4.98 Å². The number of pyridine rings is 1. The molecule has 0 saturated heterocycles. The van der Waals surface area contributed by atoms with Gasteiger partial charge >= 0.3 is 0 Å². The summed E-state index contributed by atoms with van der Waals surface area (Å²) >= 11 is 0. The summed E-state index contributed by atoms with van der Waals surface area (Å²) in [5.74, 6) is 0.774. The molecule has 3 heteroatoms. The average Bonchev–Trinajstić information content (AvgIpc) is 2.17. The van der Waals surface area contributed by atoms with Crippen LogP contribution in [0.25, 0.3) is 0 Å². The molecule has 0 aliphatic rings. The monoisotopic (exact) mass is 203 g/mol. The van der Waals surface area contributed by atoms with E-state index in [1.165, 1.54) is 12.1 Å². The molecule has 1 aromatic heterocycles. The zero-order valence-corrected chi connectivity index (χ0v) is 8.27. The SMILES string of the molecule is Cc1cncc(Oc2cccc(F)c2)c1. The minimum Gasteiger partial charge on any atom is -0.456 e. The number of ether oxygens (including phenoxy) is 1. The van der Waals surface area contributed by atoms with Gasteiger partial charge in [0.2, 0.25) is 0 Å². The molecule has 2 aromatic rings. The van der Waals surface area contributed by atoms with E-state index in [0.29, 0.717) is 11.5 Å². The van der Waals surface area contributed by atoms with Gasteiger partial charge in [-0.1, -0.05) is 6.07 Å². The van der Waals surface area contributed by atoms with Crippen molar-refractivity contribution in [3.05, 3.63) is 54.1 Å². The highest BCUT2D eigenvalue weighted by Crippen LogP contribution is 2.21. The molecule has 0 N–H and O–H groups in total. The predicted octanol–water partition coefficient (Wildman–Crippen LogP) is 3.32. The van der Waals surface area contributed by atoms with E-state index in [1.54, 1.807) is 24.5 Å². The van der Waals surface area contributed by atoms with Crippen LogP contribution in [0.3, 0.4) is 0 Å². The van der Waals surface area contributed by atoms with E-state index in [1.807, 2.05) is 13.0 Å². The topological polar surface area (TPSA) is 22.1 Å². The van der Waals surface area contributed by atoms with Crippen molar-refractivity contribution in [2.75, 3.05) is 0 Å². The second-order valence-corrected chi connectivity index (χ2v) is 3.26. The molecule has 0 spiro atoms. The summed E-state index contributed by atoms with van der Waals surface area (Å²) < 4.78 is 18.3. The molecule has 0 atom stereocenters. The number of nitrogens with zero attached hydrogens (tertiary/aromatic N) is 1. The summed E-state index contributed by atoms with van der Waals surface area (Å²) in [5.41, 5.74) is 1.00. The third kappa shape index (κ3) is 2.53. The van der Waals surface area contributed by atoms with Gasteiger partial charge in [-0.2, -0.15) is 0 Å². The molecule has 0 fully saturated rings. The lowest BCUT2D eigenvalue weighted by molar-refractivity contribution is 0.474. The number of rotatable bonds is 2. The van der Waals surface area contributed by atoms with Crippen molar-refractivity contribution in [3.63, 3.8) is 0 Å². The van der Waals surface area contributed by atoms with Crippen molar-refractivity contribution in [2.24, 2.45) is 0 Å². The summed E-state index contributed by atoms with van der Waals surface area (Å²) in [5, 5.41) is 0. The van der Waals surface area contributed by atoms with E-state index in [-0.39, 0.29) is 5.82 Å². The fourth-order valence-corrected chi connectivity index (χ4v) is 1.25. The molecule has 0 aliphatic carbocycles. The number of halogens is 1. The molecule has 0 bridgehead atoms. The van der Waals surface area contributed by atoms with Crippen LogP contribution in [0.2, 0.25) is 0 Å². The molecule has 76 valence electrons. The van der Waals surface area contributed by atoms with Crippen LogP contribution in [0.15, 0.2) is 42.7 Å². The van der Waals surface area contributed by atoms with Crippen molar-refractivity contribution >= 4 is 0 Å². The normalized spacial score (nSPS) is 10.0. The third-order valence-electron chi connectivity index (χ3n) is 1.88. The minimum atomic E-state index is -0.312. The molecule has 0 unspecified atom stereocenters. The number of aryl methyl sites for hydroxylation is 1. The highest BCUT2D eigenvalue weighted by molar-refractivity contribution is 5.31. The van der Waals surface area contributed by atoms with Crippen LogP contribution in [-0.2, 0) is 0 Å². The lowest BCUT2D eigenvalue weighted by Gasteiger charge is -2.05. The molecule has 0 aliphatic heterocycles. The predicted molar refractivity (Wildman–Crippen MR) is 55.4 cm³/mol. The van der Waals surface area contributed by atoms with Gasteiger partial charge in [-0.05, 0) is 30.7 Å². The van der Waals surface area contributed by atoms with E-state index in [4.69, 9.17) is 4.74 Å². The number of aromatic nitrogens is 1. The Hall–Kier alpha value is -1.90. The zero-order valence-electron chi connectivity index (χ0n) is 8.27. The lowest BCUT2D eigenvalue weighted by Crippen LogP contribution is -1.86. The molecule has 15 heavy (non-hydrogen) atoms.